The maximum absolute atomic E-state index is 12.6. The van der Waals surface area contributed by atoms with Gasteiger partial charge in [0, 0.05) is 13.1 Å². The first-order chi connectivity index (χ1) is 9.98. The van der Waals surface area contributed by atoms with E-state index in [2.05, 4.69) is 16.9 Å². The van der Waals surface area contributed by atoms with Crippen molar-refractivity contribution >= 4 is 20.9 Å². The maximum atomic E-state index is 12.6. The summed E-state index contributed by atoms with van der Waals surface area (Å²) in [5.74, 6) is 0.556. The van der Waals surface area contributed by atoms with Gasteiger partial charge in [-0.05, 0) is 37.0 Å². The van der Waals surface area contributed by atoms with E-state index in [1.54, 1.807) is 6.07 Å². The monoisotopic (exact) mass is 307 g/mol. The highest BCUT2D eigenvalue weighted by Crippen LogP contribution is 2.24. The molecule has 0 aliphatic carbocycles. The van der Waals surface area contributed by atoms with Gasteiger partial charge in [-0.15, -0.1) is 0 Å². The molecule has 7 heteroatoms. The Hall–Kier alpha value is -1.73. The summed E-state index contributed by atoms with van der Waals surface area (Å²) >= 11 is 0. The van der Waals surface area contributed by atoms with Crippen molar-refractivity contribution in [3.63, 3.8) is 0 Å². The van der Waals surface area contributed by atoms with E-state index >= 15 is 0 Å². The highest BCUT2D eigenvalue weighted by atomic mass is 32.2. The van der Waals surface area contributed by atoms with Gasteiger partial charge >= 0.3 is 0 Å². The molecular weight excluding hydrogens is 290 g/mol. The first-order valence-electron chi connectivity index (χ1n) is 6.96. The van der Waals surface area contributed by atoms with Crippen molar-refractivity contribution in [2.45, 2.75) is 24.7 Å². The van der Waals surface area contributed by atoms with E-state index in [1.807, 2.05) is 0 Å². The summed E-state index contributed by atoms with van der Waals surface area (Å²) in [6, 6.07) is 4.50. The van der Waals surface area contributed by atoms with E-state index < -0.39 is 10.0 Å². The van der Waals surface area contributed by atoms with Crippen molar-refractivity contribution < 1.29 is 8.42 Å². The molecule has 0 atom stereocenters. The maximum Gasteiger partial charge on any atom is 0.258 e. The molecule has 1 N–H and O–H groups in total. The summed E-state index contributed by atoms with van der Waals surface area (Å²) in [5, 5.41) is 0.295. The van der Waals surface area contributed by atoms with Crippen molar-refractivity contribution in [2.24, 2.45) is 5.92 Å². The minimum atomic E-state index is -3.54. The van der Waals surface area contributed by atoms with Crippen LogP contribution in [0, 0.1) is 5.92 Å². The lowest BCUT2D eigenvalue weighted by molar-refractivity contribution is 0.288. The molecule has 0 radical (unpaired) electrons. The average Bonchev–Trinajstić information content (AvgIpc) is 2.48. The van der Waals surface area contributed by atoms with Crippen molar-refractivity contribution in [3.8, 4) is 0 Å². The van der Waals surface area contributed by atoms with E-state index in [-0.39, 0.29) is 10.5 Å². The third-order valence-corrected chi connectivity index (χ3v) is 5.89. The van der Waals surface area contributed by atoms with Crippen LogP contribution in [0.2, 0.25) is 0 Å². The summed E-state index contributed by atoms with van der Waals surface area (Å²) in [5.41, 5.74) is 0.161. The van der Waals surface area contributed by atoms with E-state index in [0.29, 0.717) is 29.9 Å². The summed E-state index contributed by atoms with van der Waals surface area (Å²) < 4.78 is 26.8. The zero-order chi connectivity index (χ0) is 15.0. The number of H-pyrrole nitrogens is 1. The third-order valence-electron chi connectivity index (χ3n) is 3.99. The second kappa shape index (κ2) is 5.23. The SMILES string of the molecule is CC1CCN(S(=O)(=O)c2ccc3nc[nH]c(=O)c3c2)CC1. The van der Waals surface area contributed by atoms with Gasteiger partial charge in [0.2, 0.25) is 10.0 Å². The van der Waals surface area contributed by atoms with Gasteiger partial charge in [0.25, 0.3) is 5.56 Å². The summed E-state index contributed by atoms with van der Waals surface area (Å²) in [6.07, 6.45) is 3.05. The second-order valence-electron chi connectivity index (χ2n) is 5.50. The lowest BCUT2D eigenvalue weighted by atomic mass is 10.0. The molecule has 21 heavy (non-hydrogen) atoms. The second-order valence-corrected chi connectivity index (χ2v) is 7.44. The molecule has 0 spiro atoms. The van der Waals surface area contributed by atoms with Gasteiger partial charge in [-0.2, -0.15) is 4.31 Å². The van der Waals surface area contributed by atoms with Gasteiger partial charge in [0.1, 0.15) is 0 Å². The van der Waals surface area contributed by atoms with Crippen molar-refractivity contribution in [1.29, 1.82) is 0 Å². The Morgan fingerprint density at radius 1 is 1.29 bits per heavy atom. The number of hydrogen-bond acceptors (Lipinski definition) is 4. The van der Waals surface area contributed by atoms with Crippen LogP contribution in [0.15, 0.2) is 34.2 Å². The van der Waals surface area contributed by atoms with E-state index in [0.717, 1.165) is 12.8 Å². The summed E-state index contributed by atoms with van der Waals surface area (Å²) in [4.78, 5) is 18.4. The first-order valence-corrected chi connectivity index (χ1v) is 8.40. The predicted molar refractivity (Wildman–Crippen MR) is 79.5 cm³/mol. The molecule has 2 aromatic rings. The smallest absolute Gasteiger partial charge is 0.258 e. The molecular formula is C14H17N3O3S. The molecule has 2 heterocycles. The normalized spacial score (nSPS) is 18.1. The van der Waals surface area contributed by atoms with Crippen LogP contribution in [-0.2, 0) is 10.0 Å². The third kappa shape index (κ3) is 2.58. The predicted octanol–water partition coefficient (Wildman–Crippen LogP) is 1.34. The molecule has 0 bridgehead atoms. The Morgan fingerprint density at radius 3 is 2.71 bits per heavy atom. The van der Waals surface area contributed by atoms with Crippen molar-refractivity contribution in [1.82, 2.24) is 14.3 Å². The number of aromatic nitrogens is 2. The number of nitrogens with one attached hydrogen (secondary N) is 1. The molecule has 0 saturated carbocycles. The van der Waals surface area contributed by atoms with E-state index in [9.17, 15) is 13.2 Å². The zero-order valence-corrected chi connectivity index (χ0v) is 12.6. The minimum Gasteiger partial charge on any atom is -0.313 e. The van der Waals surface area contributed by atoms with Gasteiger partial charge < -0.3 is 4.98 Å². The Bertz CT molecular complexity index is 821. The lowest BCUT2D eigenvalue weighted by Gasteiger charge is -2.29. The van der Waals surface area contributed by atoms with Crippen LogP contribution in [-0.4, -0.2) is 35.8 Å². The lowest BCUT2D eigenvalue weighted by Crippen LogP contribution is -2.37. The van der Waals surface area contributed by atoms with Crippen LogP contribution in [0.5, 0.6) is 0 Å². The molecule has 1 saturated heterocycles. The van der Waals surface area contributed by atoms with Crippen LogP contribution in [0.25, 0.3) is 10.9 Å². The average molecular weight is 307 g/mol. The molecule has 3 rings (SSSR count). The number of piperidine rings is 1. The molecule has 6 nitrogen and oxygen atoms in total. The molecule has 1 aliphatic heterocycles. The minimum absolute atomic E-state index is 0.156. The Balaban J connectivity index is 2.03. The van der Waals surface area contributed by atoms with Crippen molar-refractivity contribution in [3.05, 3.63) is 34.9 Å². The van der Waals surface area contributed by atoms with Crippen LogP contribution >= 0.6 is 0 Å². The molecule has 0 amide bonds. The topological polar surface area (TPSA) is 83.1 Å². The van der Waals surface area contributed by atoms with Gasteiger partial charge in [0.05, 0.1) is 22.1 Å². The fourth-order valence-electron chi connectivity index (χ4n) is 2.58. The highest BCUT2D eigenvalue weighted by molar-refractivity contribution is 7.89. The zero-order valence-electron chi connectivity index (χ0n) is 11.7. The molecule has 1 fully saturated rings. The Labute approximate surface area is 122 Å². The van der Waals surface area contributed by atoms with Crippen LogP contribution in [0.4, 0.5) is 0 Å². The van der Waals surface area contributed by atoms with Gasteiger partial charge in [0.15, 0.2) is 0 Å². The van der Waals surface area contributed by atoms with Crippen molar-refractivity contribution in [2.75, 3.05) is 13.1 Å². The first kappa shape index (κ1) is 14.2. The standard InChI is InChI=1S/C14H17N3O3S/c1-10-4-6-17(7-5-10)21(19,20)11-2-3-13-12(8-11)14(18)16-9-15-13/h2-3,8-10H,4-7H2,1H3,(H,15,16,18). The van der Waals surface area contributed by atoms with Crippen LogP contribution in [0.3, 0.4) is 0 Å². The number of benzene rings is 1. The number of fused-ring (bicyclic) bond motifs is 1. The number of rotatable bonds is 2. The van der Waals surface area contributed by atoms with E-state index in [1.165, 1.54) is 22.8 Å². The fraction of sp³-hybridized carbons (Fsp3) is 0.429. The number of nitrogens with zero attached hydrogens (tertiary/aromatic N) is 2. The number of hydrogen-bond donors (Lipinski definition) is 1. The quantitative estimate of drug-likeness (QED) is 0.907. The number of aromatic amines is 1. The Kier molecular flexibility index (Phi) is 3.54. The summed E-state index contributed by atoms with van der Waals surface area (Å²) in [7, 11) is -3.54. The van der Waals surface area contributed by atoms with Crippen LogP contribution < -0.4 is 5.56 Å². The molecule has 112 valence electrons. The van der Waals surface area contributed by atoms with Gasteiger partial charge in [-0.25, -0.2) is 13.4 Å². The molecule has 1 aromatic heterocycles. The molecule has 1 aliphatic rings. The largest absolute Gasteiger partial charge is 0.313 e. The molecule has 0 unspecified atom stereocenters. The van der Waals surface area contributed by atoms with Gasteiger partial charge in [-0.1, -0.05) is 6.92 Å². The van der Waals surface area contributed by atoms with Crippen LogP contribution in [0.1, 0.15) is 19.8 Å². The summed E-state index contributed by atoms with van der Waals surface area (Å²) in [6.45, 7) is 3.20. The number of sulfonamides is 1. The fourth-order valence-corrected chi connectivity index (χ4v) is 4.08. The van der Waals surface area contributed by atoms with Gasteiger partial charge in [-0.3, -0.25) is 4.79 Å². The molecule has 1 aromatic carbocycles. The van der Waals surface area contributed by atoms with E-state index in [4.69, 9.17) is 0 Å². The Morgan fingerprint density at radius 2 is 2.00 bits per heavy atom. The highest BCUT2D eigenvalue weighted by Gasteiger charge is 2.28.